The van der Waals surface area contributed by atoms with E-state index in [1.165, 1.54) is 0 Å². The fourth-order valence-corrected chi connectivity index (χ4v) is 5.26. The Balaban J connectivity index is 2.52. The summed E-state index contributed by atoms with van der Waals surface area (Å²) in [6.45, 7) is 12.2. The number of rotatable bonds is 15. The molecule has 0 bridgehead atoms. The van der Waals surface area contributed by atoms with Crippen molar-refractivity contribution in [2.45, 2.75) is 97.9 Å². The molecule has 2 rings (SSSR count). The Kier molecular flexibility index (Phi) is 14.2. The summed E-state index contributed by atoms with van der Waals surface area (Å²) >= 11 is 1.60. The molecule has 2 unspecified atom stereocenters. The molecule has 0 fully saturated rings. The highest BCUT2D eigenvalue weighted by Gasteiger charge is 2.37. The zero-order valence-corrected chi connectivity index (χ0v) is 26.7. The molecule has 8 heteroatoms. The SMILES string of the molecule is CCCCCCN(C(=O)C(CCSC)NC(=O)OC(C)(C)C)C(C(=O)NCc1ccccc1)c1c(C)cccc1C. The molecule has 0 saturated heterocycles. The molecule has 2 aromatic carbocycles. The largest absolute Gasteiger partial charge is 0.444 e. The minimum atomic E-state index is -0.841. The lowest BCUT2D eigenvalue weighted by Gasteiger charge is -2.36. The maximum Gasteiger partial charge on any atom is 0.408 e. The monoisotopic (exact) mass is 583 g/mol. The Morgan fingerprint density at radius 3 is 2.20 bits per heavy atom. The Bertz CT molecular complexity index is 1100. The summed E-state index contributed by atoms with van der Waals surface area (Å²) in [7, 11) is 0. The number of ether oxygens (including phenoxy) is 1. The molecule has 0 spiro atoms. The molecule has 41 heavy (non-hydrogen) atoms. The van der Waals surface area contributed by atoms with Crippen LogP contribution in [0, 0.1) is 13.8 Å². The number of alkyl carbamates (subject to hydrolysis) is 1. The van der Waals surface area contributed by atoms with Crippen LogP contribution >= 0.6 is 11.8 Å². The van der Waals surface area contributed by atoms with Crippen molar-refractivity contribution in [3.63, 3.8) is 0 Å². The molecule has 0 heterocycles. The minimum absolute atomic E-state index is 0.240. The van der Waals surface area contributed by atoms with Gasteiger partial charge in [-0.1, -0.05) is 74.7 Å². The summed E-state index contributed by atoms with van der Waals surface area (Å²) < 4.78 is 5.50. The second-order valence-corrected chi connectivity index (χ2v) is 12.5. The van der Waals surface area contributed by atoms with Crippen molar-refractivity contribution >= 4 is 29.7 Å². The minimum Gasteiger partial charge on any atom is -0.444 e. The Morgan fingerprint density at radius 2 is 1.61 bits per heavy atom. The molecule has 0 aliphatic carbocycles. The van der Waals surface area contributed by atoms with Crippen molar-refractivity contribution in [2.75, 3.05) is 18.6 Å². The van der Waals surface area contributed by atoms with Gasteiger partial charge in [0, 0.05) is 13.1 Å². The van der Waals surface area contributed by atoms with Crippen LogP contribution in [0.15, 0.2) is 48.5 Å². The van der Waals surface area contributed by atoms with E-state index in [4.69, 9.17) is 4.74 Å². The van der Waals surface area contributed by atoms with E-state index in [0.717, 1.165) is 47.9 Å². The predicted octanol–water partition coefficient (Wildman–Crippen LogP) is 6.72. The molecule has 226 valence electrons. The molecule has 7 nitrogen and oxygen atoms in total. The number of carbonyl (C=O) groups is 3. The van der Waals surface area contributed by atoms with E-state index < -0.39 is 23.8 Å². The molecule has 0 aliphatic rings. The molecule has 2 N–H and O–H groups in total. The lowest BCUT2D eigenvalue weighted by atomic mass is 9.93. The third kappa shape index (κ3) is 11.4. The molecule has 3 amide bonds. The zero-order chi connectivity index (χ0) is 30.4. The lowest BCUT2D eigenvalue weighted by Crippen LogP contribution is -2.53. The van der Waals surface area contributed by atoms with Gasteiger partial charge in [0.25, 0.3) is 0 Å². The highest BCUT2D eigenvalue weighted by Crippen LogP contribution is 2.29. The summed E-state index contributed by atoms with van der Waals surface area (Å²) in [5.41, 5.74) is 2.98. The van der Waals surface area contributed by atoms with Gasteiger partial charge < -0.3 is 20.3 Å². The van der Waals surface area contributed by atoms with Gasteiger partial charge in [-0.3, -0.25) is 9.59 Å². The normalized spacial score (nSPS) is 12.8. The second kappa shape index (κ2) is 17.1. The highest BCUT2D eigenvalue weighted by atomic mass is 32.2. The Labute approximate surface area is 251 Å². The van der Waals surface area contributed by atoms with Crippen molar-refractivity contribution in [3.8, 4) is 0 Å². The van der Waals surface area contributed by atoms with Gasteiger partial charge in [0.15, 0.2) is 0 Å². The molecule has 0 aliphatic heterocycles. The molecule has 2 atom stereocenters. The number of aryl methyl sites for hydroxylation is 2. The molecule has 0 saturated carbocycles. The van der Waals surface area contributed by atoms with Gasteiger partial charge in [-0.05, 0) is 81.7 Å². The second-order valence-electron chi connectivity index (χ2n) is 11.5. The topological polar surface area (TPSA) is 87.7 Å². The van der Waals surface area contributed by atoms with E-state index in [2.05, 4.69) is 17.6 Å². The van der Waals surface area contributed by atoms with Crippen molar-refractivity contribution in [3.05, 3.63) is 70.8 Å². The molecular formula is C33H49N3O4S. The predicted molar refractivity (Wildman–Crippen MR) is 169 cm³/mol. The van der Waals surface area contributed by atoms with E-state index in [0.29, 0.717) is 25.3 Å². The van der Waals surface area contributed by atoms with Crippen LogP contribution in [0.4, 0.5) is 4.79 Å². The molecular weight excluding hydrogens is 534 g/mol. The van der Waals surface area contributed by atoms with Crippen LogP contribution in [0.3, 0.4) is 0 Å². The van der Waals surface area contributed by atoms with Crippen LogP contribution in [0.1, 0.15) is 88.1 Å². The van der Waals surface area contributed by atoms with Crippen molar-refractivity contribution in [2.24, 2.45) is 0 Å². The first kappa shape index (κ1) is 34.2. The maximum atomic E-state index is 14.4. The first-order valence-electron chi connectivity index (χ1n) is 14.6. The van der Waals surface area contributed by atoms with Gasteiger partial charge in [-0.25, -0.2) is 4.79 Å². The van der Waals surface area contributed by atoms with E-state index in [-0.39, 0.29) is 11.8 Å². The third-order valence-electron chi connectivity index (χ3n) is 6.82. The number of nitrogens with one attached hydrogen (secondary N) is 2. The van der Waals surface area contributed by atoms with Gasteiger partial charge in [0.2, 0.25) is 11.8 Å². The summed E-state index contributed by atoms with van der Waals surface area (Å²) in [6.07, 6.45) is 5.56. The van der Waals surface area contributed by atoms with Crippen LogP contribution in [0.5, 0.6) is 0 Å². The molecule has 0 radical (unpaired) electrons. The zero-order valence-electron chi connectivity index (χ0n) is 25.9. The summed E-state index contributed by atoms with van der Waals surface area (Å²) in [4.78, 5) is 43.0. The van der Waals surface area contributed by atoms with E-state index in [9.17, 15) is 14.4 Å². The van der Waals surface area contributed by atoms with Crippen LogP contribution in [-0.4, -0.2) is 53.0 Å². The molecule has 2 aromatic rings. The summed E-state index contributed by atoms with van der Waals surface area (Å²) in [6, 6.07) is 14.0. The van der Waals surface area contributed by atoms with Crippen molar-refractivity contribution < 1.29 is 19.1 Å². The Hall–Kier alpha value is -3.00. The van der Waals surface area contributed by atoms with E-state index in [1.54, 1.807) is 37.4 Å². The first-order chi connectivity index (χ1) is 19.5. The number of unbranched alkanes of at least 4 members (excludes halogenated alkanes) is 3. The Morgan fingerprint density at radius 1 is 0.951 bits per heavy atom. The number of amides is 3. The number of nitrogens with zero attached hydrogens (tertiary/aromatic N) is 1. The van der Waals surface area contributed by atoms with Gasteiger partial charge in [0.1, 0.15) is 17.7 Å². The average Bonchev–Trinajstić information content (AvgIpc) is 2.91. The standard InChI is InChI=1S/C33H49N3O4S/c1-8-9-10-14-21-36(31(38)27(20-22-41-7)35-32(39)40-33(4,5)6)29(28-24(2)16-15-17-25(28)3)30(37)34-23-26-18-12-11-13-19-26/h11-13,15-19,27,29H,8-10,14,20-23H2,1-7H3,(H,34,37)(H,35,39). The highest BCUT2D eigenvalue weighted by molar-refractivity contribution is 7.98. The fourth-order valence-electron chi connectivity index (χ4n) is 4.79. The summed E-state index contributed by atoms with van der Waals surface area (Å²) in [5, 5.41) is 5.92. The van der Waals surface area contributed by atoms with Crippen LogP contribution in [0.2, 0.25) is 0 Å². The maximum absolute atomic E-state index is 14.4. The lowest BCUT2D eigenvalue weighted by molar-refractivity contribution is -0.142. The average molecular weight is 584 g/mol. The number of hydrogen-bond donors (Lipinski definition) is 2. The smallest absolute Gasteiger partial charge is 0.408 e. The van der Waals surface area contributed by atoms with Gasteiger partial charge in [-0.15, -0.1) is 0 Å². The quantitative estimate of drug-likeness (QED) is 0.227. The van der Waals surface area contributed by atoms with Crippen LogP contribution in [-0.2, 0) is 20.9 Å². The number of carbonyl (C=O) groups excluding carboxylic acids is 3. The van der Waals surface area contributed by atoms with Crippen LogP contribution in [0.25, 0.3) is 0 Å². The van der Waals surface area contributed by atoms with Gasteiger partial charge >= 0.3 is 6.09 Å². The van der Waals surface area contributed by atoms with Crippen molar-refractivity contribution in [1.29, 1.82) is 0 Å². The molecule has 0 aromatic heterocycles. The van der Waals surface area contributed by atoms with E-state index in [1.807, 2.05) is 68.6 Å². The van der Waals surface area contributed by atoms with Gasteiger partial charge in [0.05, 0.1) is 0 Å². The summed E-state index contributed by atoms with van der Waals surface area (Å²) in [5.74, 6) is 0.157. The third-order valence-corrected chi connectivity index (χ3v) is 7.46. The van der Waals surface area contributed by atoms with Crippen LogP contribution < -0.4 is 10.6 Å². The van der Waals surface area contributed by atoms with Gasteiger partial charge in [-0.2, -0.15) is 11.8 Å². The fraction of sp³-hybridized carbons (Fsp3) is 0.545. The number of benzene rings is 2. The number of thioether (sulfide) groups is 1. The number of hydrogen-bond acceptors (Lipinski definition) is 5. The van der Waals surface area contributed by atoms with Crippen molar-refractivity contribution in [1.82, 2.24) is 15.5 Å². The first-order valence-corrected chi connectivity index (χ1v) is 16.0. The van der Waals surface area contributed by atoms with E-state index >= 15 is 0 Å².